The smallest absolute Gasteiger partial charge is 0.220 e. The number of nitrogens with one attached hydrogen (secondary N) is 1. The van der Waals surface area contributed by atoms with Crippen LogP contribution in [-0.2, 0) is 16.6 Å². The maximum absolute atomic E-state index is 14.7. The lowest BCUT2D eigenvalue weighted by molar-refractivity contribution is -0.121. The second-order valence-electron chi connectivity index (χ2n) is 8.48. The average molecular weight is 453 g/mol. The summed E-state index contributed by atoms with van der Waals surface area (Å²) in [7, 11) is 0. The third kappa shape index (κ3) is 3.67. The monoisotopic (exact) mass is 452 g/mol. The number of benzene rings is 2. The number of aryl methyl sites for hydroxylation is 1. The molecule has 1 heterocycles. The quantitative estimate of drug-likeness (QED) is 0.458. The van der Waals surface area contributed by atoms with Crippen molar-refractivity contribution in [3.8, 4) is 0 Å². The first-order chi connectivity index (χ1) is 14.2. The van der Waals surface area contributed by atoms with Crippen molar-refractivity contribution in [3.05, 3.63) is 62.6 Å². The number of carbonyl (C=O) groups is 1. The van der Waals surface area contributed by atoms with Gasteiger partial charge >= 0.3 is 0 Å². The molecule has 7 heteroatoms. The first-order valence-corrected chi connectivity index (χ1v) is 11.0. The summed E-state index contributed by atoms with van der Waals surface area (Å²) >= 11 is 11.8. The van der Waals surface area contributed by atoms with E-state index in [0.717, 1.165) is 25.1 Å². The lowest BCUT2D eigenvalue weighted by Crippen LogP contribution is -2.29. The lowest BCUT2D eigenvalue weighted by atomic mass is 9.81. The van der Waals surface area contributed by atoms with Gasteiger partial charge < -0.3 is 10.2 Å². The SMILES string of the molecule is CCC(=O)NC1CCc2cc(N3CCC(C)(c4cc(Cl)c(F)c(Cl)c4F)C3)ccc21. The maximum Gasteiger partial charge on any atom is 0.220 e. The Morgan fingerprint density at radius 2 is 2.03 bits per heavy atom. The molecule has 1 aliphatic carbocycles. The molecule has 2 aromatic rings. The molecule has 0 aromatic heterocycles. The van der Waals surface area contributed by atoms with Crippen molar-refractivity contribution in [2.45, 2.75) is 51.0 Å². The Morgan fingerprint density at radius 1 is 1.27 bits per heavy atom. The molecule has 4 rings (SSSR count). The van der Waals surface area contributed by atoms with Crippen LogP contribution in [0.2, 0.25) is 10.0 Å². The summed E-state index contributed by atoms with van der Waals surface area (Å²) in [5.74, 6) is -1.58. The van der Waals surface area contributed by atoms with Gasteiger partial charge in [0.1, 0.15) is 10.8 Å². The Bertz CT molecular complexity index is 1010. The van der Waals surface area contributed by atoms with Crippen molar-refractivity contribution >= 4 is 34.8 Å². The number of amides is 1. The summed E-state index contributed by atoms with van der Waals surface area (Å²) in [4.78, 5) is 14.0. The molecule has 3 nitrogen and oxygen atoms in total. The number of hydrogen-bond acceptors (Lipinski definition) is 2. The summed E-state index contributed by atoms with van der Waals surface area (Å²) in [6.07, 6.45) is 3.00. The Morgan fingerprint density at radius 3 is 2.77 bits per heavy atom. The van der Waals surface area contributed by atoms with Crippen molar-refractivity contribution in [1.82, 2.24) is 5.32 Å². The van der Waals surface area contributed by atoms with Crippen molar-refractivity contribution in [1.29, 1.82) is 0 Å². The van der Waals surface area contributed by atoms with E-state index < -0.39 is 22.1 Å². The van der Waals surface area contributed by atoms with Crippen LogP contribution in [0.5, 0.6) is 0 Å². The molecule has 1 aliphatic heterocycles. The summed E-state index contributed by atoms with van der Waals surface area (Å²) in [5.41, 5.74) is 3.30. The van der Waals surface area contributed by atoms with Gasteiger partial charge in [-0.05, 0) is 54.2 Å². The number of rotatable bonds is 4. The lowest BCUT2D eigenvalue weighted by Gasteiger charge is -2.27. The van der Waals surface area contributed by atoms with Crippen molar-refractivity contribution in [2.24, 2.45) is 0 Å². The summed E-state index contributed by atoms with van der Waals surface area (Å²) < 4.78 is 28.6. The van der Waals surface area contributed by atoms with Crippen molar-refractivity contribution in [3.63, 3.8) is 0 Å². The van der Waals surface area contributed by atoms with Gasteiger partial charge in [-0.1, -0.05) is 43.1 Å². The maximum atomic E-state index is 14.7. The Kier molecular flexibility index (Phi) is 5.71. The molecular formula is C23H24Cl2F2N2O. The van der Waals surface area contributed by atoms with Gasteiger partial charge in [0.05, 0.1) is 11.1 Å². The minimum atomic E-state index is -0.915. The highest BCUT2D eigenvalue weighted by molar-refractivity contribution is 6.35. The predicted molar refractivity (Wildman–Crippen MR) is 116 cm³/mol. The molecule has 2 aliphatic rings. The summed E-state index contributed by atoms with van der Waals surface area (Å²) in [5, 5.41) is 2.37. The molecule has 2 atom stereocenters. The highest BCUT2D eigenvalue weighted by atomic mass is 35.5. The van der Waals surface area contributed by atoms with Crippen LogP contribution in [0.4, 0.5) is 14.5 Å². The molecule has 2 aromatic carbocycles. The van der Waals surface area contributed by atoms with Crippen LogP contribution >= 0.6 is 23.2 Å². The average Bonchev–Trinajstić information content (AvgIpc) is 3.33. The number of fused-ring (bicyclic) bond motifs is 1. The molecule has 30 heavy (non-hydrogen) atoms. The minimum absolute atomic E-state index is 0.0610. The van der Waals surface area contributed by atoms with E-state index in [2.05, 4.69) is 28.4 Å². The van der Waals surface area contributed by atoms with E-state index in [1.807, 2.05) is 13.8 Å². The van der Waals surface area contributed by atoms with Gasteiger partial charge in [-0.25, -0.2) is 8.78 Å². The fraction of sp³-hybridized carbons (Fsp3) is 0.435. The third-order valence-electron chi connectivity index (χ3n) is 6.45. The molecule has 1 fully saturated rings. The van der Waals surface area contributed by atoms with Gasteiger partial charge in [-0.3, -0.25) is 4.79 Å². The van der Waals surface area contributed by atoms with Gasteiger partial charge in [0.15, 0.2) is 5.82 Å². The fourth-order valence-corrected chi connectivity index (χ4v) is 5.12. The molecule has 0 spiro atoms. The predicted octanol–water partition coefficient (Wildman–Crippen LogP) is 5.95. The second-order valence-corrected chi connectivity index (χ2v) is 9.26. The number of hydrogen-bond donors (Lipinski definition) is 1. The van der Waals surface area contributed by atoms with E-state index in [-0.39, 0.29) is 17.0 Å². The van der Waals surface area contributed by atoms with Crippen LogP contribution in [0.3, 0.4) is 0 Å². The topological polar surface area (TPSA) is 32.3 Å². The van der Waals surface area contributed by atoms with Crippen LogP contribution in [0.25, 0.3) is 0 Å². The number of anilines is 1. The van der Waals surface area contributed by atoms with Gasteiger partial charge in [-0.15, -0.1) is 0 Å². The van der Waals surface area contributed by atoms with Crippen LogP contribution < -0.4 is 10.2 Å². The molecule has 1 amide bonds. The van der Waals surface area contributed by atoms with Crippen LogP contribution in [-0.4, -0.2) is 19.0 Å². The molecule has 0 bridgehead atoms. The summed E-state index contributed by atoms with van der Waals surface area (Å²) in [6.45, 7) is 5.14. The van der Waals surface area contributed by atoms with E-state index in [1.54, 1.807) is 0 Å². The fourth-order valence-electron chi connectivity index (χ4n) is 4.66. The number of halogens is 4. The molecule has 2 unspecified atom stereocenters. The zero-order valence-corrected chi connectivity index (χ0v) is 18.5. The van der Waals surface area contributed by atoms with E-state index >= 15 is 0 Å². The molecule has 0 radical (unpaired) electrons. The number of nitrogens with zero attached hydrogens (tertiary/aromatic N) is 1. The minimum Gasteiger partial charge on any atom is -0.371 e. The molecule has 1 N–H and O–H groups in total. The Balaban J connectivity index is 1.57. The van der Waals surface area contributed by atoms with E-state index in [1.165, 1.54) is 17.2 Å². The van der Waals surface area contributed by atoms with Crippen LogP contribution in [0.15, 0.2) is 24.3 Å². The molecule has 0 saturated carbocycles. The number of carbonyl (C=O) groups excluding carboxylic acids is 1. The van der Waals surface area contributed by atoms with E-state index in [0.29, 0.717) is 24.9 Å². The van der Waals surface area contributed by atoms with Gasteiger partial charge in [0.25, 0.3) is 0 Å². The second kappa shape index (κ2) is 8.01. The van der Waals surface area contributed by atoms with E-state index in [9.17, 15) is 13.6 Å². The van der Waals surface area contributed by atoms with Crippen LogP contribution in [0.1, 0.15) is 55.8 Å². The first-order valence-electron chi connectivity index (χ1n) is 10.2. The van der Waals surface area contributed by atoms with Gasteiger partial charge in [0.2, 0.25) is 5.91 Å². The zero-order valence-electron chi connectivity index (χ0n) is 17.0. The first kappa shape index (κ1) is 21.4. The highest BCUT2D eigenvalue weighted by Gasteiger charge is 2.39. The highest BCUT2D eigenvalue weighted by Crippen LogP contribution is 2.42. The molecule has 1 saturated heterocycles. The van der Waals surface area contributed by atoms with Crippen molar-refractivity contribution in [2.75, 3.05) is 18.0 Å². The van der Waals surface area contributed by atoms with Crippen molar-refractivity contribution < 1.29 is 13.6 Å². The largest absolute Gasteiger partial charge is 0.371 e. The standard InChI is InChI=1S/C23H24Cl2F2N2O/c1-3-19(30)28-18-7-4-13-10-14(5-6-15(13)18)29-9-8-23(2,12-29)16-11-17(24)22(27)20(25)21(16)26/h5-6,10-11,18H,3-4,7-9,12H2,1-2H3,(H,28,30). The third-order valence-corrected chi connectivity index (χ3v) is 7.06. The Labute approximate surface area is 185 Å². The normalized spacial score (nSPS) is 23.0. The summed E-state index contributed by atoms with van der Waals surface area (Å²) in [6, 6.07) is 7.75. The molecule has 160 valence electrons. The van der Waals surface area contributed by atoms with E-state index in [4.69, 9.17) is 23.2 Å². The molecular weight excluding hydrogens is 429 g/mol. The Hall–Kier alpha value is -1.85. The zero-order chi connectivity index (χ0) is 21.6. The van der Waals surface area contributed by atoms with Gasteiger partial charge in [-0.2, -0.15) is 0 Å². The van der Waals surface area contributed by atoms with Gasteiger partial charge in [0, 0.05) is 30.6 Å². The van der Waals surface area contributed by atoms with Crippen LogP contribution in [0, 0.1) is 11.6 Å².